The fourth-order valence-electron chi connectivity index (χ4n) is 2.67. The van der Waals surface area contributed by atoms with Crippen LogP contribution >= 0.6 is 0 Å². The van der Waals surface area contributed by atoms with Crippen LogP contribution < -0.4 is 15.4 Å². The number of benzene rings is 1. The third kappa shape index (κ3) is 4.62. The van der Waals surface area contributed by atoms with Crippen LogP contribution in [-0.4, -0.2) is 47.1 Å². The van der Waals surface area contributed by atoms with E-state index in [9.17, 15) is 40.3 Å². The Hall–Kier alpha value is -3.32. The maximum absolute atomic E-state index is 14.2. The van der Waals surface area contributed by atoms with E-state index < -0.39 is 47.2 Å². The SMILES string of the molecule is COc1cc(C(F)(C(F)(F)F)C(F)(F)F)ccc1NC(=O)C(C)NC(=O)c1ccnn1C. The molecule has 2 aromatic rings. The molecule has 1 heterocycles. The molecule has 0 bridgehead atoms. The van der Waals surface area contributed by atoms with Gasteiger partial charge in [0.05, 0.1) is 12.8 Å². The molecule has 1 aromatic heterocycles. The third-order valence-corrected chi connectivity index (χ3v) is 4.43. The van der Waals surface area contributed by atoms with E-state index in [1.54, 1.807) is 0 Å². The second-order valence-electron chi connectivity index (χ2n) is 6.59. The maximum atomic E-state index is 14.2. The number of hydrogen-bond acceptors (Lipinski definition) is 4. The summed E-state index contributed by atoms with van der Waals surface area (Å²) in [5.74, 6) is -2.19. The van der Waals surface area contributed by atoms with Gasteiger partial charge in [-0.25, -0.2) is 4.39 Å². The van der Waals surface area contributed by atoms with Crippen molar-refractivity contribution in [1.29, 1.82) is 0 Å². The summed E-state index contributed by atoms with van der Waals surface area (Å²) < 4.78 is 97.9. The average Bonchev–Trinajstić information content (AvgIpc) is 3.11. The first-order chi connectivity index (χ1) is 14.6. The number of methoxy groups -OCH3 is 1. The Labute approximate surface area is 176 Å². The number of amides is 2. The summed E-state index contributed by atoms with van der Waals surface area (Å²) in [5, 5.41) is 8.33. The normalized spacial score (nSPS) is 13.4. The molecule has 14 heteroatoms. The molecule has 176 valence electrons. The van der Waals surface area contributed by atoms with Crippen LogP contribution in [0.25, 0.3) is 0 Å². The quantitative estimate of drug-likeness (QED) is 0.634. The van der Waals surface area contributed by atoms with Gasteiger partial charge in [-0.1, -0.05) is 6.07 Å². The number of carbonyl (C=O) groups is 2. The minimum Gasteiger partial charge on any atom is -0.495 e. The van der Waals surface area contributed by atoms with E-state index in [-0.39, 0.29) is 23.5 Å². The lowest BCUT2D eigenvalue weighted by Gasteiger charge is -2.30. The lowest BCUT2D eigenvalue weighted by molar-refractivity contribution is -0.348. The zero-order valence-corrected chi connectivity index (χ0v) is 16.7. The first-order valence-corrected chi connectivity index (χ1v) is 8.74. The van der Waals surface area contributed by atoms with Crippen molar-refractivity contribution in [2.75, 3.05) is 12.4 Å². The highest BCUT2D eigenvalue weighted by Crippen LogP contribution is 2.54. The molecule has 0 spiro atoms. The molecule has 0 saturated carbocycles. The molecule has 0 radical (unpaired) electrons. The van der Waals surface area contributed by atoms with Crippen LogP contribution in [0.2, 0.25) is 0 Å². The van der Waals surface area contributed by atoms with Gasteiger partial charge in [-0.3, -0.25) is 14.3 Å². The number of nitrogens with one attached hydrogen (secondary N) is 2. The van der Waals surface area contributed by atoms with Crippen LogP contribution in [0.4, 0.5) is 36.4 Å². The fraction of sp³-hybridized carbons (Fsp3) is 0.389. The van der Waals surface area contributed by atoms with Gasteiger partial charge in [0.15, 0.2) is 0 Å². The lowest BCUT2D eigenvalue weighted by Crippen LogP contribution is -2.50. The van der Waals surface area contributed by atoms with Crippen molar-refractivity contribution in [1.82, 2.24) is 15.1 Å². The van der Waals surface area contributed by atoms with Crippen LogP contribution in [0.15, 0.2) is 30.5 Å². The molecule has 0 aliphatic carbocycles. The van der Waals surface area contributed by atoms with Gasteiger partial charge in [-0.2, -0.15) is 31.4 Å². The Morgan fingerprint density at radius 1 is 1.06 bits per heavy atom. The summed E-state index contributed by atoms with van der Waals surface area (Å²) in [4.78, 5) is 24.5. The Kier molecular flexibility index (Phi) is 6.76. The minimum absolute atomic E-state index is 0.130. The van der Waals surface area contributed by atoms with Crippen LogP contribution in [0.5, 0.6) is 5.75 Å². The van der Waals surface area contributed by atoms with Crippen molar-refractivity contribution in [3.8, 4) is 5.75 Å². The predicted molar refractivity (Wildman–Crippen MR) is 96.7 cm³/mol. The molecule has 0 saturated heterocycles. The highest BCUT2D eigenvalue weighted by molar-refractivity contribution is 6.00. The predicted octanol–water partition coefficient (Wildman–Crippen LogP) is 3.48. The standard InChI is InChI=1S/C18H17F7N4O3/c1-9(27-15(31)12-6-7-26-29(12)2)14(30)28-11-5-4-10(8-13(11)32-3)16(19,17(20,21)22)18(23,24)25/h4-9H,1-3H3,(H,27,31)(H,28,30). The molecule has 2 rings (SSSR count). The van der Waals surface area contributed by atoms with E-state index in [1.165, 1.54) is 30.9 Å². The van der Waals surface area contributed by atoms with E-state index in [0.29, 0.717) is 6.07 Å². The van der Waals surface area contributed by atoms with Crippen LogP contribution in [-0.2, 0) is 17.5 Å². The third-order valence-electron chi connectivity index (χ3n) is 4.43. The highest BCUT2D eigenvalue weighted by Gasteiger charge is 2.73. The number of carbonyl (C=O) groups excluding carboxylic acids is 2. The number of aromatic nitrogens is 2. The van der Waals surface area contributed by atoms with E-state index in [2.05, 4.69) is 15.7 Å². The molecule has 2 N–H and O–H groups in total. The molecule has 32 heavy (non-hydrogen) atoms. The van der Waals surface area contributed by atoms with Gasteiger partial charge in [-0.05, 0) is 25.1 Å². The number of rotatable bonds is 6. The lowest BCUT2D eigenvalue weighted by atomic mass is 9.93. The molecule has 7 nitrogen and oxygen atoms in total. The average molecular weight is 470 g/mol. The van der Waals surface area contributed by atoms with Crippen molar-refractivity contribution in [3.63, 3.8) is 0 Å². The van der Waals surface area contributed by atoms with Crippen LogP contribution in [0, 0.1) is 0 Å². The summed E-state index contributed by atoms with van der Waals surface area (Å²) in [6, 6.07) is 1.26. The Balaban J connectivity index is 2.27. The number of halogens is 7. The van der Waals surface area contributed by atoms with Gasteiger partial charge < -0.3 is 15.4 Å². The molecule has 2 amide bonds. The van der Waals surface area contributed by atoms with Gasteiger partial charge in [0, 0.05) is 18.8 Å². The Bertz CT molecular complexity index is 987. The first-order valence-electron chi connectivity index (χ1n) is 8.74. The maximum Gasteiger partial charge on any atom is 0.435 e. The summed E-state index contributed by atoms with van der Waals surface area (Å²) in [6.07, 6.45) is -11.3. The van der Waals surface area contributed by atoms with E-state index >= 15 is 0 Å². The zero-order valence-electron chi connectivity index (χ0n) is 16.7. The van der Waals surface area contributed by atoms with Gasteiger partial charge in [0.25, 0.3) is 5.91 Å². The summed E-state index contributed by atoms with van der Waals surface area (Å²) in [7, 11) is 2.39. The van der Waals surface area contributed by atoms with Crippen molar-refractivity contribution in [2.24, 2.45) is 7.05 Å². The number of nitrogens with zero attached hydrogens (tertiary/aromatic N) is 2. The van der Waals surface area contributed by atoms with Gasteiger partial charge in [0.1, 0.15) is 17.5 Å². The molecule has 0 aliphatic rings. The van der Waals surface area contributed by atoms with Crippen LogP contribution in [0.3, 0.4) is 0 Å². The highest BCUT2D eigenvalue weighted by atomic mass is 19.4. The monoisotopic (exact) mass is 470 g/mol. The van der Waals surface area contributed by atoms with Crippen molar-refractivity contribution in [3.05, 3.63) is 41.7 Å². The van der Waals surface area contributed by atoms with Gasteiger partial charge in [0.2, 0.25) is 5.91 Å². The van der Waals surface area contributed by atoms with E-state index in [1.807, 2.05) is 0 Å². The second-order valence-corrected chi connectivity index (χ2v) is 6.59. The number of aryl methyl sites for hydroxylation is 1. The molecular formula is C18H17F7N4O3. The van der Waals surface area contributed by atoms with Gasteiger partial charge >= 0.3 is 18.0 Å². The minimum atomic E-state index is -6.30. The van der Waals surface area contributed by atoms with Crippen molar-refractivity contribution >= 4 is 17.5 Å². The number of anilines is 1. The molecule has 0 aliphatic heterocycles. The summed E-state index contributed by atoms with van der Waals surface area (Å²) in [6.45, 7) is 1.28. The fourth-order valence-corrected chi connectivity index (χ4v) is 2.67. The molecule has 1 aromatic carbocycles. The van der Waals surface area contributed by atoms with Crippen molar-refractivity contribution in [2.45, 2.75) is 31.0 Å². The number of alkyl halides is 7. The summed E-state index contributed by atoms with van der Waals surface area (Å²) in [5.41, 5.74) is -7.63. The largest absolute Gasteiger partial charge is 0.495 e. The molecule has 1 unspecified atom stereocenters. The van der Waals surface area contributed by atoms with E-state index in [4.69, 9.17) is 4.74 Å². The van der Waals surface area contributed by atoms with Crippen LogP contribution in [0.1, 0.15) is 23.0 Å². The number of hydrogen-bond donors (Lipinski definition) is 2. The smallest absolute Gasteiger partial charge is 0.435 e. The summed E-state index contributed by atoms with van der Waals surface area (Å²) >= 11 is 0. The molecular weight excluding hydrogens is 453 g/mol. The number of ether oxygens (including phenoxy) is 1. The topological polar surface area (TPSA) is 85.2 Å². The first kappa shape index (κ1) is 24.9. The molecule has 1 atom stereocenters. The second kappa shape index (κ2) is 8.67. The Morgan fingerprint density at radius 2 is 1.66 bits per heavy atom. The zero-order chi connectivity index (χ0) is 24.5. The van der Waals surface area contributed by atoms with E-state index in [0.717, 1.165) is 7.11 Å². The molecule has 0 fully saturated rings. The van der Waals surface area contributed by atoms with Gasteiger partial charge in [-0.15, -0.1) is 0 Å². The van der Waals surface area contributed by atoms with Crippen molar-refractivity contribution < 1.29 is 45.1 Å². The Morgan fingerprint density at radius 3 is 2.12 bits per heavy atom.